The standard InChI is InChI=1S/C34H30FN3O5S/c35-29-13-6-25(7-14-29)23-44-32(33(39)27-9-11-28(12-10-27)34(40)41)21-26-8-15-30(31(20-26)38(42)43)37-18-16-36(17-19-37)22-24-4-2-1-3-5-24/h1-15,20-21H,16-19,22-23H2,(H,40,41). The number of piperazine rings is 1. The lowest BCUT2D eigenvalue weighted by Gasteiger charge is -2.35. The minimum Gasteiger partial charge on any atom is -0.478 e. The van der Waals surface area contributed by atoms with Gasteiger partial charge >= 0.3 is 5.97 Å². The first-order chi connectivity index (χ1) is 21.3. The van der Waals surface area contributed by atoms with Crippen molar-refractivity contribution in [3.8, 4) is 0 Å². The van der Waals surface area contributed by atoms with E-state index in [0.29, 0.717) is 35.0 Å². The summed E-state index contributed by atoms with van der Waals surface area (Å²) in [6.45, 7) is 3.66. The van der Waals surface area contributed by atoms with Gasteiger partial charge < -0.3 is 10.0 Å². The number of halogens is 1. The lowest BCUT2D eigenvalue weighted by Crippen LogP contribution is -2.46. The van der Waals surface area contributed by atoms with Crippen LogP contribution in [0.3, 0.4) is 0 Å². The minimum absolute atomic E-state index is 0.0450. The number of hydrogen-bond donors (Lipinski definition) is 1. The number of allylic oxidation sites excluding steroid dienone is 1. The number of Topliss-reactive ketones (excluding diaryl/α,β-unsaturated/α-hetero) is 1. The maximum Gasteiger partial charge on any atom is 0.335 e. The van der Waals surface area contributed by atoms with E-state index in [2.05, 4.69) is 17.0 Å². The first kappa shape index (κ1) is 30.7. The van der Waals surface area contributed by atoms with Gasteiger partial charge in [0.1, 0.15) is 11.5 Å². The van der Waals surface area contributed by atoms with Crippen LogP contribution in [-0.2, 0) is 12.3 Å². The third kappa shape index (κ3) is 7.77. The number of nitrogens with zero attached hydrogens (tertiary/aromatic N) is 3. The summed E-state index contributed by atoms with van der Waals surface area (Å²) in [5.74, 6) is -1.46. The molecule has 224 valence electrons. The fraction of sp³-hybridized carbons (Fsp3) is 0.176. The maximum atomic E-state index is 13.6. The molecule has 1 N–H and O–H groups in total. The molecule has 0 aromatic heterocycles. The van der Waals surface area contributed by atoms with Crippen molar-refractivity contribution in [3.63, 3.8) is 0 Å². The van der Waals surface area contributed by atoms with Crippen LogP contribution in [0.2, 0.25) is 0 Å². The van der Waals surface area contributed by atoms with Gasteiger partial charge in [-0.15, -0.1) is 11.8 Å². The molecule has 4 aromatic rings. The van der Waals surface area contributed by atoms with Crippen LogP contribution in [0.1, 0.15) is 37.4 Å². The Kier molecular flexibility index (Phi) is 9.83. The van der Waals surface area contributed by atoms with Gasteiger partial charge in [0.05, 0.1) is 15.4 Å². The molecular formula is C34H30FN3O5S. The minimum atomic E-state index is -1.10. The zero-order valence-corrected chi connectivity index (χ0v) is 24.6. The molecular weight excluding hydrogens is 581 g/mol. The number of aromatic carboxylic acids is 1. The lowest BCUT2D eigenvalue weighted by molar-refractivity contribution is -0.384. The van der Waals surface area contributed by atoms with Crippen molar-refractivity contribution in [2.75, 3.05) is 31.1 Å². The average molecular weight is 612 g/mol. The number of thioether (sulfide) groups is 1. The van der Waals surface area contributed by atoms with Crippen molar-refractivity contribution >= 4 is 41.0 Å². The summed E-state index contributed by atoms with van der Waals surface area (Å²) in [6, 6.07) is 26.7. The van der Waals surface area contributed by atoms with Crippen molar-refractivity contribution in [1.82, 2.24) is 4.90 Å². The summed E-state index contributed by atoms with van der Waals surface area (Å²) in [4.78, 5) is 41.3. The number of carbonyl (C=O) groups is 2. The van der Waals surface area contributed by atoms with E-state index >= 15 is 0 Å². The number of nitro benzene ring substituents is 1. The largest absolute Gasteiger partial charge is 0.478 e. The summed E-state index contributed by atoms with van der Waals surface area (Å²) < 4.78 is 13.4. The molecule has 5 rings (SSSR count). The predicted molar refractivity (Wildman–Crippen MR) is 170 cm³/mol. The highest BCUT2D eigenvalue weighted by atomic mass is 32.2. The second-order valence-corrected chi connectivity index (χ2v) is 11.4. The molecule has 0 amide bonds. The summed E-state index contributed by atoms with van der Waals surface area (Å²) >= 11 is 1.22. The van der Waals surface area contributed by atoms with Gasteiger partial charge in [-0.3, -0.25) is 19.8 Å². The highest BCUT2D eigenvalue weighted by molar-refractivity contribution is 8.03. The maximum absolute atomic E-state index is 13.6. The van der Waals surface area contributed by atoms with Crippen LogP contribution in [0, 0.1) is 15.9 Å². The monoisotopic (exact) mass is 611 g/mol. The van der Waals surface area contributed by atoms with Crippen molar-refractivity contribution in [2.24, 2.45) is 0 Å². The normalized spacial score (nSPS) is 13.9. The Balaban J connectivity index is 1.38. The van der Waals surface area contributed by atoms with E-state index in [-0.39, 0.29) is 28.4 Å². The zero-order chi connectivity index (χ0) is 31.1. The summed E-state index contributed by atoms with van der Waals surface area (Å²) in [5, 5.41) is 21.4. The first-order valence-corrected chi connectivity index (χ1v) is 15.0. The predicted octanol–water partition coefficient (Wildman–Crippen LogP) is 6.91. The van der Waals surface area contributed by atoms with E-state index in [9.17, 15) is 29.2 Å². The van der Waals surface area contributed by atoms with Crippen LogP contribution < -0.4 is 4.90 Å². The molecule has 0 bridgehead atoms. The summed E-state index contributed by atoms with van der Waals surface area (Å²) in [7, 11) is 0. The Labute approximate surface area is 258 Å². The van der Waals surface area contributed by atoms with E-state index in [0.717, 1.165) is 25.2 Å². The lowest BCUT2D eigenvalue weighted by atomic mass is 10.1. The van der Waals surface area contributed by atoms with Gasteiger partial charge in [-0.25, -0.2) is 9.18 Å². The molecule has 1 saturated heterocycles. The SMILES string of the molecule is O=C(O)c1ccc(C(=O)C(=Cc2ccc(N3CCN(Cc4ccccc4)CC3)c([N+](=O)[O-])c2)SCc2ccc(F)cc2)cc1. The van der Waals surface area contributed by atoms with Gasteiger partial charge in [0.25, 0.3) is 5.69 Å². The molecule has 1 heterocycles. The number of hydrogen-bond acceptors (Lipinski definition) is 7. The molecule has 1 aliphatic rings. The molecule has 0 unspecified atom stereocenters. The molecule has 4 aromatic carbocycles. The Hall–Kier alpha value is -4.80. The third-order valence-corrected chi connectivity index (χ3v) is 8.47. The molecule has 0 saturated carbocycles. The second-order valence-electron chi connectivity index (χ2n) is 10.4. The smallest absolute Gasteiger partial charge is 0.335 e. The molecule has 0 radical (unpaired) electrons. The number of carboxylic acid groups (broad SMARTS) is 1. The second kappa shape index (κ2) is 14.1. The van der Waals surface area contributed by atoms with E-state index in [1.54, 1.807) is 30.3 Å². The molecule has 0 atom stereocenters. The highest BCUT2D eigenvalue weighted by Gasteiger charge is 2.24. The summed E-state index contributed by atoms with van der Waals surface area (Å²) in [5.41, 5.74) is 3.33. The molecule has 1 fully saturated rings. The Morgan fingerprint density at radius 3 is 2.16 bits per heavy atom. The average Bonchev–Trinajstić information content (AvgIpc) is 3.04. The van der Waals surface area contributed by atoms with Gasteiger partial charge in [-0.1, -0.05) is 60.7 Å². The molecule has 1 aliphatic heterocycles. The molecule has 10 heteroatoms. The number of nitro groups is 1. The van der Waals surface area contributed by atoms with Crippen LogP contribution >= 0.6 is 11.8 Å². The van der Waals surface area contributed by atoms with Crippen LogP contribution in [0.4, 0.5) is 15.8 Å². The zero-order valence-electron chi connectivity index (χ0n) is 23.8. The van der Waals surface area contributed by atoms with Gasteiger partial charge in [-0.05, 0) is 53.1 Å². The number of carboxylic acids is 1. The molecule has 44 heavy (non-hydrogen) atoms. The van der Waals surface area contributed by atoms with Crippen LogP contribution in [0.5, 0.6) is 0 Å². The fourth-order valence-corrected chi connectivity index (χ4v) is 5.99. The number of carbonyl (C=O) groups excluding carboxylic acids is 1. The number of benzene rings is 4. The number of anilines is 1. The fourth-order valence-electron chi connectivity index (χ4n) is 5.00. The van der Waals surface area contributed by atoms with Gasteiger partial charge in [0.15, 0.2) is 5.78 Å². The van der Waals surface area contributed by atoms with Crippen LogP contribution in [0.15, 0.2) is 102 Å². The van der Waals surface area contributed by atoms with E-state index in [1.807, 2.05) is 23.1 Å². The summed E-state index contributed by atoms with van der Waals surface area (Å²) in [6.07, 6.45) is 1.61. The van der Waals surface area contributed by atoms with Crippen molar-refractivity contribution < 1.29 is 24.0 Å². The van der Waals surface area contributed by atoms with Crippen molar-refractivity contribution in [3.05, 3.63) is 146 Å². The quantitative estimate of drug-likeness (QED) is 0.0845. The Bertz CT molecular complexity index is 1670. The van der Waals surface area contributed by atoms with Crippen LogP contribution in [0.25, 0.3) is 6.08 Å². The van der Waals surface area contributed by atoms with Crippen molar-refractivity contribution in [2.45, 2.75) is 12.3 Å². The van der Waals surface area contributed by atoms with Gasteiger partial charge in [-0.2, -0.15) is 0 Å². The van der Waals surface area contributed by atoms with Gasteiger partial charge in [0.2, 0.25) is 0 Å². The molecule has 8 nitrogen and oxygen atoms in total. The van der Waals surface area contributed by atoms with Crippen molar-refractivity contribution in [1.29, 1.82) is 0 Å². The van der Waals surface area contributed by atoms with E-state index in [1.165, 1.54) is 59.8 Å². The van der Waals surface area contributed by atoms with E-state index in [4.69, 9.17) is 0 Å². The van der Waals surface area contributed by atoms with E-state index < -0.39 is 10.9 Å². The Morgan fingerprint density at radius 1 is 0.864 bits per heavy atom. The topological polar surface area (TPSA) is 104 Å². The number of rotatable bonds is 11. The highest BCUT2D eigenvalue weighted by Crippen LogP contribution is 2.33. The third-order valence-electron chi connectivity index (χ3n) is 7.38. The number of ketones is 1. The first-order valence-electron chi connectivity index (χ1n) is 14.0. The van der Waals surface area contributed by atoms with Gasteiger partial charge in [0, 0.05) is 50.1 Å². The Morgan fingerprint density at radius 2 is 1.52 bits per heavy atom. The molecule has 0 aliphatic carbocycles. The van der Waals surface area contributed by atoms with Crippen LogP contribution in [-0.4, -0.2) is 52.9 Å². The molecule has 0 spiro atoms.